The lowest BCUT2D eigenvalue weighted by Gasteiger charge is -2.31. The van der Waals surface area contributed by atoms with Crippen molar-refractivity contribution < 1.29 is 18.7 Å². The van der Waals surface area contributed by atoms with Crippen molar-refractivity contribution in [2.45, 2.75) is 18.9 Å². The summed E-state index contributed by atoms with van der Waals surface area (Å²) in [5.74, 6) is -2.20. The summed E-state index contributed by atoms with van der Waals surface area (Å²) in [5.41, 5.74) is 0.825. The maximum absolute atomic E-state index is 13.6. The molecular formula is C18H18F2N2O2. The van der Waals surface area contributed by atoms with Gasteiger partial charge in [-0.1, -0.05) is 6.07 Å². The summed E-state index contributed by atoms with van der Waals surface area (Å²) in [5, 5.41) is 11.8. The molecule has 3 rings (SSSR count). The first-order valence-electron chi connectivity index (χ1n) is 7.83. The van der Waals surface area contributed by atoms with Crippen LogP contribution in [0.2, 0.25) is 0 Å². The molecule has 1 aliphatic rings. The van der Waals surface area contributed by atoms with Gasteiger partial charge in [0.1, 0.15) is 17.3 Å². The van der Waals surface area contributed by atoms with E-state index in [1.54, 1.807) is 24.3 Å². The minimum Gasteiger partial charge on any atom is -0.393 e. The van der Waals surface area contributed by atoms with Gasteiger partial charge in [0.05, 0.1) is 6.10 Å². The highest BCUT2D eigenvalue weighted by molar-refractivity contribution is 6.04. The molecule has 2 N–H and O–H groups in total. The van der Waals surface area contributed by atoms with Crippen molar-refractivity contribution in [3.8, 4) is 0 Å². The monoisotopic (exact) mass is 332 g/mol. The van der Waals surface area contributed by atoms with Gasteiger partial charge in [-0.2, -0.15) is 0 Å². The first-order valence-corrected chi connectivity index (χ1v) is 7.83. The largest absolute Gasteiger partial charge is 0.393 e. The summed E-state index contributed by atoms with van der Waals surface area (Å²) < 4.78 is 27.2. The molecule has 0 radical (unpaired) electrons. The van der Waals surface area contributed by atoms with E-state index in [0.717, 1.165) is 43.8 Å². The van der Waals surface area contributed by atoms with E-state index in [1.165, 1.54) is 6.07 Å². The summed E-state index contributed by atoms with van der Waals surface area (Å²) in [6.07, 6.45) is 1.19. The maximum atomic E-state index is 13.6. The van der Waals surface area contributed by atoms with E-state index in [-0.39, 0.29) is 6.10 Å². The number of carbonyl (C=O) groups is 1. The van der Waals surface area contributed by atoms with Crippen molar-refractivity contribution >= 4 is 17.3 Å². The van der Waals surface area contributed by atoms with E-state index in [9.17, 15) is 18.7 Å². The van der Waals surface area contributed by atoms with Crippen molar-refractivity contribution in [1.82, 2.24) is 0 Å². The molecule has 0 spiro atoms. The molecule has 24 heavy (non-hydrogen) atoms. The Morgan fingerprint density at radius 3 is 2.21 bits per heavy atom. The standard InChI is InChI=1S/C18H18F2N2O2/c19-15-2-1-3-16(20)17(15)21-18(24)12-4-6-13(7-5-12)22-10-8-14(23)9-11-22/h1-7,14,23H,8-11H2,(H,21,24). The Morgan fingerprint density at radius 2 is 1.62 bits per heavy atom. The predicted molar refractivity (Wildman–Crippen MR) is 88.2 cm³/mol. The maximum Gasteiger partial charge on any atom is 0.255 e. The molecule has 126 valence electrons. The molecule has 1 amide bonds. The Hall–Kier alpha value is -2.47. The minimum atomic E-state index is -0.813. The highest BCUT2D eigenvalue weighted by Crippen LogP contribution is 2.22. The van der Waals surface area contributed by atoms with E-state index >= 15 is 0 Å². The Balaban J connectivity index is 1.70. The lowest BCUT2D eigenvalue weighted by molar-refractivity contribution is 0.102. The summed E-state index contributed by atoms with van der Waals surface area (Å²) in [7, 11) is 0. The Kier molecular flexibility index (Phi) is 4.76. The van der Waals surface area contributed by atoms with Crippen LogP contribution in [0.3, 0.4) is 0 Å². The number of rotatable bonds is 3. The quantitative estimate of drug-likeness (QED) is 0.908. The zero-order chi connectivity index (χ0) is 17.1. The molecule has 4 nitrogen and oxygen atoms in total. The van der Waals surface area contributed by atoms with Gasteiger partial charge in [0.25, 0.3) is 5.91 Å². The number of anilines is 2. The third-order valence-electron chi connectivity index (χ3n) is 4.16. The number of nitrogens with zero attached hydrogens (tertiary/aromatic N) is 1. The van der Waals surface area contributed by atoms with Crippen LogP contribution >= 0.6 is 0 Å². The van der Waals surface area contributed by atoms with Crippen LogP contribution < -0.4 is 10.2 Å². The number of aliphatic hydroxyl groups is 1. The van der Waals surface area contributed by atoms with Crippen LogP contribution in [0.25, 0.3) is 0 Å². The minimum absolute atomic E-state index is 0.248. The van der Waals surface area contributed by atoms with Gasteiger partial charge in [-0.05, 0) is 49.2 Å². The summed E-state index contributed by atoms with van der Waals surface area (Å²) in [6, 6.07) is 10.3. The van der Waals surface area contributed by atoms with Gasteiger partial charge in [-0.25, -0.2) is 8.78 Å². The van der Waals surface area contributed by atoms with Crippen LogP contribution in [0.4, 0.5) is 20.2 Å². The highest BCUT2D eigenvalue weighted by Gasteiger charge is 2.18. The molecule has 6 heteroatoms. The number of hydrogen-bond acceptors (Lipinski definition) is 3. The van der Waals surface area contributed by atoms with Gasteiger partial charge >= 0.3 is 0 Å². The molecule has 2 aromatic carbocycles. The number of hydrogen-bond donors (Lipinski definition) is 2. The summed E-state index contributed by atoms with van der Waals surface area (Å²) >= 11 is 0. The second-order valence-corrected chi connectivity index (χ2v) is 5.82. The number of halogens is 2. The van der Waals surface area contributed by atoms with Crippen LogP contribution in [0.5, 0.6) is 0 Å². The number of benzene rings is 2. The summed E-state index contributed by atoms with van der Waals surface area (Å²) in [6.45, 7) is 1.51. The first-order chi connectivity index (χ1) is 11.5. The molecule has 0 atom stereocenters. The number of para-hydroxylation sites is 1. The number of aliphatic hydroxyl groups excluding tert-OH is 1. The molecule has 0 aliphatic carbocycles. The van der Waals surface area contributed by atoms with Crippen molar-refractivity contribution in [1.29, 1.82) is 0 Å². The van der Waals surface area contributed by atoms with Crippen LogP contribution in [-0.4, -0.2) is 30.2 Å². The molecule has 0 unspecified atom stereocenters. The Labute approximate surface area is 138 Å². The van der Waals surface area contributed by atoms with Gasteiger partial charge in [-0.15, -0.1) is 0 Å². The molecule has 2 aromatic rings. The molecule has 1 fully saturated rings. The van der Waals surface area contributed by atoms with Crippen molar-refractivity contribution in [2.75, 3.05) is 23.3 Å². The second-order valence-electron chi connectivity index (χ2n) is 5.82. The number of amides is 1. The summed E-state index contributed by atoms with van der Waals surface area (Å²) in [4.78, 5) is 14.3. The van der Waals surface area contributed by atoms with Crippen LogP contribution in [0, 0.1) is 11.6 Å². The molecule has 1 saturated heterocycles. The topological polar surface area (TPSA) is 52.6 Å². The fraction of sp³-hybridized carbons (Fsp3) is 0.278. The third kappa shape index (κ3) is 3.54. The van der Waals surface area contributed by atoms with Crippen molar-refractivity contribution in [3.63, 3.8) is 0 Å². The van der Waals surface area contributed by atoms with Crippen LogP contribution in [-0.2, 0) is 0 Å². The van der Waals surface area contributed by atoms with Gasteiger partial charge < -0.3 is 15.3 Å². The lowest BCUT2D eigenvalue weighted by atomic mass is 10.1. The zero-order valence-electron chi connectivity index (χ0n) is 13.0. The number of piperidine rings is 1. The normalized spacial score (nSPS) is 15.4. The average molecular weight is 332 g/mol. The molecular weight excluding hydrogens is 314 g/mol. The fourth-order valence-corrected chi connectivity index (χ4v) is 2.75. The third-order valence-corrected chi connectivity index (χ3v) is 4.16. The molecule has 0 aromatic heterocycles. The molecule has 1 aliphatic heterocycles. The first kappa shape index (κ1) is 16.4. The van der Waals surface area contributed by atoms with Gasteiger partial charge in [0, 0.05) is 24.3 Å². The SMILES string of the molecule is O=C(Nc1c(F)cccc1F)c1ccc(N2CCC(O)CC2)cc1. The fourth-order valence-electron chi connectivity index (χ4n) is 2.75. The predicted octanol–water partition coefficient (Wildman–Crippen LogP) is 3.18. The number of nitrogens with one attached hydrogen (secondary N) is 1. The smallest absolute Gasteiger partial charge is 0.255 e. The van der Waals surface area contributed by atoms with Crippen LogP contribution in [0.1, 0.15) is 23.2 Å². The zero-order valence-corrected chi connectivity index (χ0v) is 13.0. The Morgan fingerprint density at radius 1 is 1.04 bits per heavy atom. The van der Waals surface area contributed by atoms with Gasteiger partial charge in [0.15, 0.2) is 0 Å². The highest BCUT2D eigenvalue weighted by atomic mass is 19.1. The van der Waals surface area contributed by atoms with E-state index in [4.69, 9.17) is 0 Å². The van der Waals surface area contributed by atoms with E-state index in [0.29, 0.717) is 5.56 Å². The van der Waals surface area contributed by atoms with E-state index in [1.807, 2.05) is 0 Å². The second kappa shape index (κ2) is 6.97. The molecule has 0 bridgehead atoms. The lowest BCUT2D eigenvalue weighted by Crippen LogP contribution is -2.35. The molecule has 1 heterocycles. The number of carbonyl (C=O) groups excluding carboxylic acids is 1. The van der Waals surface area contributed by atoms with Crippen LogP contribution in [0.15, 0.2) is 42.5 Å². The van der Waals surface area contributed by atoms with Gasteiger partial charge in [0.2, 0.25) is 0 Å². The molecule has 0 saturated carbocycles. The Bertz CT molecular complexity index is 706. The van der Waals surface area contributed by atoms with E-state index in [2.05, 4.69) is 10.2 Å². The van der Waals surface area contributed by atoms with Gasteiger partial charge in [-0.3, -0.25) is 4.79 Å². The van der Waals surface area contributed by atoms with Crippen molar-refractivity contribution in [2.24, 2.45) is 0 Å². The average Bonchev–Trinajstić information content (AvgIpc) is 2.59. The van der Waals surface area contributed by atoms with Crippen molar-refractivity contribution in [3.05, 3.63) is 59.7 Å². The van der Waals surface area contributed by atoms with E-state index < -0.39 is 23.2 Å².